The third kappa shape index (κ3) is 8.92. The number of rotatable bonds is 12. The van der Waals surface area contributed by atoms with Gasteiger partial charge in [0, 0.05) is 31.7 Å². The molecule has 2 N–H and O–H groups in total. The van der Waals surface area contributed by atoms with Crippen molar-refractivity contribution in [3.05, 3.63) is 12.2 Å². The van der Waals surface area contributed by atoms with E-state index >= 15 is 0 Å². The maximum absolute atomic E-state index is 11.6. The lowest BCUT2D eigenvalue weighted by Gasteiger charge is -2.13. The van der Waals surface area contributed by atoms with Crippen molar-refractivity contribution in [3.8, 4) is 0 Å². The number of carbonyl (C=O) groups is 5. The molecule has 0 aromatic heterocycles. The number of hydrogen-bond donors (Lipinski definition) is 2. The Kier molecular flexibility index (Phi) is 9.69. The Balaban J connectivity index is 1.97. The third-order valence-electron chi connectivity index (χ3n) is 3.20. The molecule has 0 saturated heterocycles. The van der Waals surface area contributed by atoms with Crippen LogP contribution in [0.2, 0.25) is 0 Å². The summed E-state index contributed by atoms with van der Waals surface area (Å²) in [7, 11) is 0. The first kappa shape index (κ1) is 22.3. The van der Waals surface area contributed by atoms with Crippen molar-refractivity contribution in [1.82, 2.24) is 10.2 Å². The normalized spacial score (nSPS) is 14.2. The molecular weight excluding hydrogens is 364 g/mol. The number of amides is 3. The van der Waals surface area contributed by atoms with Gasteiger partial charge in [-0.1, -0.05) is 0 Å². The average Bonchev–Trinajstić information content (AvgIpc) is 2.94. The number of nitrogens with one attached hydrogen (secondary N) is 1. The number of aliphatic hydroxyl groups excluding tert-OH is 1. The zero-order chi connectivity index (χ0) is 20.2. The van der Waals surface area contributed by atoms with E-state index in [0.717, 1.165) is 17.1 Å². The van der Waals surface area contributed by atoms with Crippen molar-refractivity contribution in [1.29, 1.82) is 0 Å². The molecule has 0 fully saturated rings. The molecule has 1 aliphatic rings. The summed E-state index contributed by atoms with van der Waals surface area (Å²) < 4.78 is 14.3. The maximum atomic E-state index is 11.6. The molecule has 1 heterocycles. The minimum absolute atomic E-state index is 0.00689. The smallest absolute Gasteiger partial charge is 0.344 e. The van der Waals surface area contributed by atoms with Gasteiger partial charge >= 0.3 is 11.9 Å². The van der Waals surface area contributed by atoms with E-state index in [1.165, 1.54) is 6.92 Å². The summed E-state index contributed by atoms with van der Waals surface area (Å²) >= 11 is 0. The summed E-state index contributed by atoms with van der Waals surface area (Å²) in [5.41, 5.74) is 0. The van der Waals surface area contributed by atoms with Crippen molar-refractivity contribution in [3.63, 3.8) is 0 Å². The Hall–Kier alpha value is -2.79. The van der Waals surface area contributed by atoms with Crippen LogP contribution in [0.3, 0.4) is 0 Å². The molecule has 0 saturated carbocycles. The predicted molar refractivity (Wildman–Crippen MR) is 87.9 cm³/mol. The Morgan fingerprint density at radius 3 is 2.41 bits per heavy atom. The number of aliphatic hydroxyl groups is 1. The van der Waals surface area contributed by atoms with Crippen LogP contribution in [-0.2, 0) is 38.2 Å². The van der Waals surface area contributed by atoms with Gasteiger partial charge in [0.2, 0.25) is 5.91 Å². The van der Waals surface area contributed by atoms with Crippen LogP contribution in [0.4, 0.5) is 0 Å². The largest absolute Gasteiger partial charge is 0.461 e. The summed E-state index contributed by atoms with van der Waals surface area (Å²) in [6.45, 7) is 1.01. The highest BCUT2D eigenvalue weighted by atomic mass is 16.6. The second-order valence-electron chi connectivity index (χ2n) is 5.38. The Morgan fingerprint density at radius 1 is 1.11 bits per heavy atom. The van der Waals surface area contributed by atoms with Crippen molar-refractivity contribution >= 4 is 29.7 Å². The van der Waals surface area contributed by atoms with E-state index < -0.39 is 36.5 Å². The molecule has 150 valence electrons. The zero-order valence-electron chi connectivity index (χ0n) is 14.8. The molecule has 1 atom stereocenters. The second-order valence-corrected chi connectivity index (χ2v) is 5.38. The summed E-state index contributed by atoms with van der Waals surface area (Å²) in [4.78, 5) is 57.3. The van der Waals surface area contributed by atoms with Crippen molar-refractivity contribution in [2.75, 3.05) is 39.5 Å². The van der Waals surface area contributed by atoms with Gasteiger partial charge in [0.05, 0.1) is 13.2 Å². The number of hydrogen-bond acceptors (Lipinski definition) is 9. The highest BCUT2D eigenvalue weighted by Gasteiger charge is 2.23. The average molecular weight is 386 g/mol. The highest BCUT2D eigenvalue weighted by Crippen LogP contribution is 2.03. The molecule has 3 amide bonds. The van der Waals surface area contributed by atoms with Crippen LogP contribution >= 0.6 is 0 Å². The lowest BCUT2D eigenvalue weighted by Crippen LogP contribution is -2.35. The standard InChI is InChI=1S/C16H22N2O9/c1-11(19)16(24)27-10-15(23)26-9-8-25-7-5-17-12(20)4-6-18-13(21)2-3-14(18)22/h2-3,11,19H,4-10H2,1H3,(H,17,20). The first-order valence-electron chi connectivity index (χ1n) is 8.19. The van der Waals surface area contributed by atoms with Gasteiger partial charge < -0.3 is 24.6 Å². The van der Waals surface area contributed by atoms with Crippen LogP contribution in [0.1, 0.15) is 13.3 Å². The highest BCUT2D eigenvalue weighted by molar-refractivity contribution is 6.13. The molecule has 1 aliphatic heterocycles. The third-order valence-corrected chi connectivity index (χ3v) is 3.20. The van der Waals surface area contributed by atoms with Gasteiger partial charge in [0.1, 0.15) is 12.7 Å². The molecule has 0 aliphatic carbocycles. The van der Waals surface area contributed by atoms with E-state index in [9.17, 15) is 24.0 Å². The summed E-state index contributed by atoms with van der Waals surface area (Å²) in [5, 5.41) is 11.4. The molecule has 27 heavy (non-hydrogen) atoms. The molecule has 11 nitrogen and oxygen atoms in total. The molecule has 0 radical (unpaired) electrons. The number of imide groups is 1. The van der Waals surface area contributed by atoms with E-state index in [1.54, 1.807) is 0 Å². The molecular formula is C16H22N2O9. The van der Waals surface area contributed by atoms with Crippen LogP contribution in [-0.4, -0.2) is 85.3 Å². The van der Waals surface area contributed by atoms with Gasteiger partial charge in [-0.2, -0.15) is 0 Å². The summed E-state index contributed by atoms with van der Waals surface area (Å²) in [6.07, 6.45) is 0.974. The number of carbonyl (C=O) groups excluding carboxylic acids is 5. The van der Waals surface area contributed by atoms with Crippen LogP contribution in [0, 0.1) is 0 Å². The number of ether oxygens (including phenoxy) is 3. The Morgan fingerprint density at radius 2 is 1.78 bits per heavy atom. The first-order chi connectivity index (χ1) is 12.8. The van der Waals surface area contributed by atoms with E-state index in [1.807, 2.05) is 0 Å². The van der Waals surface area contributed by atoms with Crippen LogP contribution in [0.5, 0.6) is 0 Å². The quantitative estimate of drug-likeness (QED) is 0.218. The minimum atomic E-state index is -1.32. The summed E-state index contributed by atoms with van der Waals surface area (Å²) in [5.74, 6) is -2.91. The molecule has 0 spiro atoms. The Bertz CT molecular complexity index is 583. The minimum Gasteiger partial charge on any atom is -0.461 e. The van der Waals surface area contributed by atoms with Crippen molar-refractivity contribution in [2.45, 2.75) is 19.4 Å². The van der Waals surface area contributed by atoms with Gasteiger partial charge in [-0.25, -0.2) is 9.59 Å². The molecule has 0 aromatic carbocycles. The maximum Gasteiger partial charge on any atom is 0.344 e. The molecule has 0 aromatic rings. The monoisotopic (exact) mass is 386 g/mol. The van der Waals surface area contributed by atoms with Gasteiger partial charge in [0.15, 0.2) is 6.61 Å². The van der Waals surface area contributed by atoms with Gasteiger partial charge in [-0.3, -0.25) is 19.3 Å². The van der Waals surface area contributed by atoms with Crippen molar-refractivity contribution < 1.29 is 43.3 Å². The van der Waals surface area contributed by atoms with E-state index in [4.69, 9.17) is 14.6 Å². The number of esters is 2. The van der Waals surface area contributed by atoms with Crippen LogP contribution in [0.25, 0.3) is 0 Å². The second kappa shape index (κ2) is 11.8. The van der Waals surface area contributed by atoms with Crippen LogP contribution in [0.15, 0.2) is 12.2 Å². The van der Waals surface area contributed by atoms with Gasteiger partial charge in [-0.05, 0) is 6.92 Å². The first-order valence-corrected chi connectivity index (χ1v) is 8.19. The molecule has 1 unspecified atom stereocenters. The molecule has 0 bridgehead atoms. The molecule has 1 rings (SSSR count). The van der Waals surface area contributed by atoms with E-state index in [-0.39, 0.29) is 45.2 Å². The lowest BCUT2D eigenvalue weighted by atomic mass is 10.3. The SMILES string of the molecule is CC(O)C(=O)OCC(=O)OCCOCCNC(=O)CCN1C(=O)C=CC1=O. The summed E-state index contributed by atoms with van der Waals surface area (Å²) in [6, 6.07) is 0. The van der Waals surface area contributed by atoms with Crippen LogP contribution < -0.4 is 5.32 Å². The fourth-order valence-electron chi connectivity index (χ4n) is 1.82. The lowest BCUT2D eigenvalue weighted by molar-refractivity contribution is -0.164. The fraction of sp³-hybridized carbons (Fsp3) is 0.562. The molecule has 11 heteroatoms. The number of nitrogens with zero attached hydrogens (tertiary/aromatic N) is 1. The predicted octanol–water partition coefficient (Wildman–Crippen LogP) is -2.10. The zero-order valence-corrected chi connectivity index (χ0v) is 14.8. The van der Waals surface area contributed by atoms with Crippen molar-refractivity contribution in [2.24, 2.45) is 0 Å². The van der Waals surface area contributed by atoms with E-state index in [0.29, 0.717) is 0 Å². The van der Waals surface area contributed by atoms with Gasteiger partial charge in [0.25, 0.3) is 11.8 Å². The van der Waals surface area contributed by atoms with Gasteiger partial charge in [-0.15, -0.1) is 0 Å². The van der Waals surface area contributed by atoms with E-state index in [2.05, 4.69) is 10.1 Å². The Labute approximate surface area is 155 Å². The fourth-order valence-corrected chi connectivity index (χ4v) is 1.82. The topological polar surface area (TPSA) is 149 Å².